The van der Waals surface area contributed by atoms with Crippen LogP contribution in [0.15, 0.2) is 4.79 Å². The maximum Gasteiger partial charge on any atom is 0.279 e. The Hall–Kier alpha value is -1.69. The van der Waals surface area contributed by atoms with E-state index in [1.807, 2.05) is 6.92 Å². The number of H-pyrrole nitrogens is 1. The first kappa shape index (κ1) is 15.4. The fourth-order valence-electron chi connectivity index (χ4n) is 1.73. The molecule has 0 bridgehead atoms. The molecule has 19 heavy (non-hydrogen) atoms. The number of aromatic amines is 1. The minimum absolute atomic E-state index is 0.0941. The molecule has 1 atom stereocenters. The van der Waals surface area contributed by atoms with Crippen LogP contribution in [0.1, 0.15) is 41.6 Å². The van der Waals surface area contributed by atoms with E-state index in [9.17, 15) is 9.59 Å². The van der Waals surface area contributed by atoms with Crippen LogP contribution < -0.4 is 10.9 Å². The summed E-state index contributed by atoms with van der Waals surface area (Å²) >= 11 is 0. The van der Waals surface area contributed by atoms with E-state index in [4.69, 9.17) is 5.11 Å². The molecule has 0 aliphatic heterocycles. The second-order valence-electron chi connectivity index (χ2n) is 4.62. The molecule has 106 valence electrons. The number of aryl methyl sites for hydroxylation is 2. The van der Waals surface area contributed by atoms with Gasteiger partial charge in [0, 0.05) is 18.8 Å². The third-order valence-corrected chi connectivity index (χ3v) is 3.22. The first-order valence-electron chi connectivity index (χ1n) is 6.46. The van der Waals surface area contributed by atoms with Crippen LogP contribution >= 0.6 is 0 Å². The van der Waals surface area contributed by atoms with Gasteiger partial charge in [-0.15, -0.1) is 0 Å². The van der Waals surface area contributed by atoms with Crippen molar-refractivity contribution >= 4 is 5.91 Å². The van der Waals surface area contributed by atoms with Crippen LogP contribution in [0.4, 0.5) is 0 Å². The van der Waals surface area contributed by atoms with Crippen LogP contribution in [0.3, 0.4) is 0 Å². The summed E-state index contributed by atoms with van der Waals surface area (Å²) < 4.78 is 0. The molecular formula is C13H21N3O3. The minimum Gasteiger partial charge on any atom is -0.396 e. The molecular weight excluding hydrogens is 246 g/mol. The molecule has 0 radical (unpaired) electrons. The molecule has 0 aromatic carbocycles. The number of rotatable bonds is 6. The largest absolute Gasteiger partial charge is 0.396 e. The number of nitrogens with zero attached hydrogens (tertiary/aromatic N) is 1. The van der Waals surface area contributed by atoms with Crippen molar-refractivity contribution < 1.29 is 9.90 Å². The maximum absolute atomic E-state index is 11.9. The Morgan fingerprint density at radius 1 is 1.47 bits per heavy atom. The summed E-state index contributed by atoms with van der Waals surface area (Å²) in [5, 5.41) is 11.6. The Morgan fingerprint density at radius 2 is 2.16 bits per heavy atom. The van der Waals surface area contributed by atoms with E-state index >= 15 is 0 Å². The maximum atomic E-state index is 11.9. The van der Waals surface area contributed by atoms with Crippen molar-refractivity contribution in [2.45, 2.75) is 33.6 Å². The molecule has 0 spiro atoms. The molecule has 0 saturated heterocycles. The highest BCUT2D eigenvalue weighted by atomic mass is 16.3. The van der Waals surface area contributed by atoms with E-state index < -0.39 is 11.5 Å². The molecule has 1 amide bonds. The Bertz CT molecular complexity index is 496. The van der Waals surface area contributed by atoms with Gasteiger partial charge in [-0.1, -0.05) is 13.3 Å². The predicted molar refractivity (Wildman–Crippen MR) is 72.1 cm³/mol. The molecule has 0 saturated carbocycles. The molecule has 3 N–H and O–H groups in total. The van der Waals surface area contributed by atoms with Crippen molar-refractivity contribution in [3.05, 3.63) is 27.4 Å². The topological polar surface area (TPSA) is 95.1 Å². The first-order valence-corrected chi connectivity index (χ1v) is 6.46. The Balaban J connectivity index is 2.73. The lowest BCUT2D eigenvalue weighted by molar-refractivity contribution is 0.0936. The smallest absolute Gasteiger partial charge is 0.279 e. The molecule has 1 aromatic heterocycles. The highest BCUT2D eigenvalue weighted by Gasteiger charge is 2.15. The van der Waals surface area contributed by atoms with Crippen LogP contribution in [0.2, 0.25) is 0 Å². The predicted octanol–water partition coefficient (Wildman–Crippen LogP) is 0.525. The number of amides is 1. The SMILES string of the molecule is CCC(CCO)CNC(=O)c1nc(C)c(C)[nH]c1=O. The average Bonchev–Trinajstić information content (AvgIpc) is 2.38. The number of hydrogen-bond donors (Lipinski definition) is 3. The number of aromatic nitrogens is 2. The van der Waals surface area contributed by atoms with Crippen molar-refractivity contribution in [3.8, 4) is 0 Å². The Morgan fingerprint density at radius 3 is 2.74 bits per heavy atom. The summed E-state index contributed by atoms with van der Waals surface area (Å²) in [4.78, 5) is 30.2. The van der Waals surface area contributed by atoms with Gasteiger partial charge in [0.15, 0.2) is 5.69 Å². The molecule has 0 aliphatic rings. The molecule has 6 heteroatoms. The quantitative estimate of drug-likeness (QED) is 0.700. The molecule has 1 aromatic rings. The van der Waals surface area contributed by atoms with Gasteiger partial charge in [0.25, 0.3) is 11.5 Å². The lowest BCUT2D eigenvalue weighted by atomic mass is 10.0. The fraction of sp³-hybridized carbons (Fsp3) is 0.615. The summed E-state index contributed by atoms with van der Waals surface area (Å²) in [7, 11) is 0. The number of carbonyl (C=O) groups is 1. The highest BCUT2D eigenvalue weighted by molar-refractivity contribution is 5.91. The van der Waals surface area contributed by atoms with Gasteiger partial charge in [-0.05, 0) is 26.2 Å². The standard InChI is InChI=1S/C13H21N3O3/c1-4-10(5-6-17)7-14-12(18)11-13(19)16-9(3)8(2)15-11/h10,17H,4-7H2,1-3H3,(H,14,18)(H,16,19). The van der Waals surface area contributed by atoms with Crippen molar-refractivity contribution in [1.29, 1.82) is 0 Å². The summed E-state index contributed by atoms with van der Waals surface area (Å²) in [6.45, 7) is 6.00. The molecule has 1 unspecified atom stereocenters. The third-order valence-electron chi connectivity index (χ3n) is 3.22. The van der Waals surface area contributed by atoms with E-state index in [-0.39, 0.29) is 18.2 Å². The molecule has 0 aliphatic carbocycles. The van der Waals surface area contributed by atoms with Gasteiger partial charge in [-0.25, -0.2) is 4.98 Å². The lowest BCUT2D eigenvalue weighted by Gasteiger charge is -2.14. The lowest BCUT2D eigenvalue weighted by Crippen LogP contribution is -2.35. The summed E-state index contributed by atoms with van der Waals surface area (Å²) in [5.74, 6) is -0.264. The Kier molecular flexibility index (Phi) is 5.69. The zero-order valence-corrected chi connectivity index (χ0v) is 11.6. The zero-order valence-electron chi connectivity index (χ0n) is 11.6. The average molecular weight is 267 g/mol. The number of carbonyl (C=O) groups excluding carboxylic acids is 1. The van der Waals surface area contributed by atoms with Crippen molar-refractivity contribution in [2.75, 3.05) is 13.2 Å². The molecule has 1 rings (SSSR count). The van der Waals surface area contributed by atoms with Crippen LogP contribution in [-0.2, 0) is 0 Å². The Labute approximate surface area is 112 Å². The number of aliphatic hydroxyl groups excluding tert-OH is 1. The monoisotopic (exact) mass is 267 g/mol. The first-order chi connectivity index (χ1) is 8.99. The van der Waals surface area contributed by atoms with Gasteiger partial charge in [-0.3, -0.25) is 9.59 Å². The van der Waals surface area contributed by atoms with Crippen molar-refractivity contribution in [2.24, 2.45) is 5.92 Å². The van der Waals surface area contributed by atoms with Gasteiger partial charge in [0.2, 0.25) is 0 Å². The van der Waals surface area contributed by atoms with E-state index in [1.54, 1.807) is 13.8 Å². The van der Waals surface area contributed by atoms with E-state index in [2.05, 4.69) is 15.3 Å². The minimum atomic E-state index is -0.476. The summed E-state index contributed by atoms with van der Waals surface area (Å²) in [6.07, 6.45) is 1.49. The van der Waals surface area contributed by atoms with Gasteiger partial charge in [0.05, 0.1) is 5.69 Å². The fourth-order valence-corrected chi connectivity index (χ4v) is 1.73. The van der Waals surface area contributed by atoms with E-state index in [0.717, 1.165) is 6.42 Å². The van der Waals surface area contributed by atoms with Crippen molar-refractivity contribution in [3.63, 3.8) is 0 Å². The normalized spacial score (nSPS) is 12.2. The van der Waals surface area contributed by atoms with Gasteiger partial charge < -0.3 is 15.4 Å². The van der Waals surface area contributed by atoms with Gasteiger partial charge in [-0.2, -0.15) is 0 Å². The van der Waals surface area contributed by atoms with Crippen LogP contribution in [0.25, 0.3) is 0 Å². The molecule has 0 fully saturated rings. The van der Waals surface area contributed by atoms with E-state index in [1.165, 1.54) is 0 Å². The van der Waals surface area contributed by atoms with Crippen LogP contribution in [-0.4, -0.2) is 34.1 Å². The second-order valence-corrected chi connectivity index (χ2v) is 4.62. The van der Waals surface area contributed by atoms with Gasteiger partial charge in [0.1, 0.15) is 0 Å². The third kappa shape index (κ3) is 4.17. The zero-order chi connectivity index (χ0) is 14.4. The van der Waals surface area contributed by atoms with Gasteiger partial charge >= 0.3 is 0 Å². The van der Waals surface area contributed by atoms with Crippen LogP contribution in [0, 0.1) is 19.8 Å². The number of aliphatic hydroxyl groups is 1. The van der Waals surface area contributed by atoms with Crippen LogP contribution in [0.5, 0.6) is 0 Å². The van der Waals surface area contributed by atoms with E-state index in [0.29, 0.717) is 24.4 Å². The molecule has 6 nitrogen and oxygen atoms in total. The summed E-state index contributed by atoms with van der Waals surface area (Å²) in [5.41, 5.74) is 0.707. The van der Waals surface area contributed by atoms with Crippen molar-refractivity contribution in [1.82, 2.24) is 15.3 Å². The highest BCUT2D eigenvalue weighted by Crippen LogP contribution is 2.06. The summed E-state index contributed by atoms with van der Waals surface area (Å²) in [6, 6.07) is 0. The number of nitrogens with one attached hydrogen (secondary N) is 2. The molecule has 1 heterocycles. The second kappa shape index (κ2) is 7.04. The number of hydrogen-bond acceptors (Lipinski definition) is 4.